The number of hydrogen-bond donors (Lipinski definition) is 2. The van der Waals surface area contributed by atoms with Crippen LogP contribution in [-0.4, -0.2) is 24.5 Å². The van der Waals surface area contributed by atoms with E-state index in [1.165, 1.54) is 0 Å². The van der Waals surface area contributed by atoms with E-state index in [0.29, 0.717) is 18.7 Å². The molecule has 1 aromatic rings. The summed E-state index contributed by atoms with van der Waals surface area (Å²) < 4.78 is 4.88. The third-order valence-electron chi connectivity index (χ3n) is 2.46. The lowest BCUT2D eigenvalue weighted by Crippen LogP contribution is -2.34. The Morgan fingerprint density at radius 1 is 1.44 bits per heavy atom. The summed E-state index contributed by atoms with van der Waals surface area (Å²) in [4.78, 5) is 22.4. The monoisotopic (exact) mass is 250 g/mol. The molecule has 5 heteroatoms. The third kappa shape index (κ3) is 4.18. The Labute approximate surface area is 106 Å². The summed E-state index contributed by atoms with van der Waals surface area (Å²) >= 11 is 0. The molecule has 98 valence electrons. The van der Waals surface area contributed by atoms with Crippen LogP contribution in [0.2, 0.25) is 0 Å². The highest BCUT2D eigenvalue weighted by Gasteiger charge is 2.12. The number of carbonyl (C=O) groups is 2. The number of primary amides is 1. The van der Waals surface area contributed by atoms with E-state index in [1.807, 2.05) is 6.07 Å². The summed E-state index contributed by atoms with van der Waals surface area (Å²) in [6, 6.07) is 6.58. The molecule has 1 atom stereocenters. The van der Waals surface area contributed by atoms with Gasteiger partial charge in [-0.05, 0) is 31.5 Å². The Morgan fingerprint density at radius 3 is 2.78 bits per heavy atom. The minimum atomic E-state index is -0.463. The van der Waals surface area contributed by atoms with Crippen LogP contribution < -0.4 is 11.1 Å². The topological polar surface area (TPSA) is 81.4 Å². The molecule has 5 nitrogen and oxygen atoms in total. The van der Waals surface area contributed by atoms with Crippen LogP contribution in [0.15, 0.2) is 24.3 Å². The van der Waals surface area contributed by atoms with Gasteiger partial charge in [0.15, 0.2) is 0 Å². The zero-order valence-corrected chi connectivity index (χ0v) is 10.6. The molecule has 0 aliphatic carbocycles. The van der Waals surface area contributed by atoms with Gasteiger partial charge in [0.2, 0.25) is 5.91 Å². The number of amides is 1. The number of ether oxygens (including phenoxy) is 1. The van der Waals surface area contributed by atoms with E-state index in [-0.39, 0.29) is 12.0 Å². The highest BCUT2D eigenvalue weighted by Crippen LogP contribution is 2.05. The SMILES string of the molecule is CCOC(=O)C(C)NCc1cccc(C(N)=O)c1. The first-order valence-electron chi connectivity index (χ1n) is 5.83. The molecule has 0 aromatic heterocycles. The smallest absolute Gasteiger partial charge is 0.322 e. The average molecular weight is 250 g/mol. The minimum absolute atomic E-state index is 0.288. The molecule has 0 aliphatic heterocycles. The maximum Gasteiger partial charge on any atom is 0.322 e. The van der Waals surface area contributed by atoms with E-state index in [9.17, 15) is 9.59 Å². The van der Waals surface area contributed by atoms with Crippen LogP contribution >= 0.6 is 0 Å². The molecule has 1 aromatic carbocycles. The molecule has 0 bridgehead atoms. The Morgan fingerprint density at radius 2 is 2.17 bits per heavy atom. The van der Waals surface area contributed by atoms with E-state index in [1.54, 1.807) is 32.0 Å². The van der Waals surface area contributed by atoms with Gasteiger partial charge in [-0.3, -0.25) is 9.59 Å². The minimum Gasteiger partial charge on any atom is -0.465 e. The summed E-state index contributed by atoms with van der Waals surface area (Å²) in [7, 11) is 0. The van der Waals surface area contributed by atoms with Crippen LogP contribution in [0.5, 0.6) is 0 Å². The number of benzene rings is 1. The van der Waals surface area contributed by atoms with E-state index < -0.39 is 5.91 Å². The standard InChI is InChI=1S/C13H18N2O3/c1-3-18-13(17)9(2)15-8-10-5-4-6-11(7-10)12(14)16/h4-7,9,15H,3,8H2,1-2H3,(H2,14,16). The van der Waals surface area contributed by atoms with E-state index in [4.69, 9.17) is 10.5 Å². The van der Waals surface area contributed by atoms with E-state index in [2.05, 4.69) is 5.32 Å². The van der Waals surface area contributed by atoms with Crippen molar-refractivity contribution in [3.8, 4) is 0 Å². The molecule has 0 spiro atoms. The van der Waals surface area contributed by atoms with Crippen molar-refractivity contribution >= 4 is 11.9 Å². The molecular weight excluding hydrogens is 232 g/mol. The second kappa shape index (κ2) is 6.76. The fourth-order valence-corrected chi connectivity index (χ4v) is 1.46. The van der Waals surface area contributed by atoms with Gasteiger partial charge in [0, 0.05) is 12.1 Å². The predicted octanol–water partition coefficient (Wildman–Crippen LogP) is 0.827. The van der Waals surface area contributed by atoms with Crippen LogP contribution in [-0.2, 0) is 16.1 Å². The molecule has 1 amide bonds. The average Bonchev–Trinajstić information content (AvgIpc) is 2.36. The molecule has 0 aliphatic rings. The first-order valence-corrected chi connectivity index (χ1v) is 5.83. The third-order valence-corrected chi connectivity index (χ3v) is 2.46. The van der Waals surface area contributed by atoms with Gasteiger partial charge in [-0.1, -0.05) is 12.1 Å². The maximum atomic E-state index is 11.4. The molecule has 0 fully saturated rings. The van der Waals surface area contributed by atoms with Gasteiger partial charge in [0.1, 0.15) is 6.04 Å². The lowest BCUT2D eigenvalue weighted by atomic mass is 10.1. The van der Waals surface area contributed by atoms with E-state index >= 15 is 0 Å². The van der Waals surface area contributed by atoms with Gasteiger partial charge in [-0.25, -0.2) is 0 Å². The number of carbonyl (C=O) groups excluding carboxylic acids is 2. The van der Waals surface area contributed by atoms with Gasteiger partial charge >= 0.3 is 5.97 Å². The number of esters is 1. The van der Waals surface area contributed by atoms with Crippen molar-refractivity contribution in [3.63, 3.8) is 0 Å². The summed E-state index contributed by atoms with van der Waals surface area (Å²) in [5, 5.41) is 3.02. The second-order valence-electron chi connectivity index (χ2n) is 3.92. The maximum absolute atomic E-state index is 11.4. The summed E-state index contributed by atoms with van der Waals surface area (Å²) in [5.74, 6) is -0.751. The van der Waals surface area contributed by atoms with Crippen molar-refractivity contribution in [1.82, 2.24) is 5.32 Å². The first-order chi connectivity index (χ1) is 8.54. The second-order valence-corrected chi connectivity index (χ2v) is 3.92. The molecule has 0 saturated heterocycles. The molecule has 0 radical (unpaired) electrons. The molecule has 18 heavy (non-hydrogen) atoms. The molecular formula is C13H18N2O3. The molecule has 0 saturated carbocycles. The highest BCUT2D eigenvalue weighted by molar-refractivity contribution is 5.92. The van der Waals surface area contributed by atoms with Crippen LogP contribution in [0.25, 0.3) is 0 Å². The first kappa shape index (κ1) is 14.2. The fourth-order valence-electron chi connectivity index (χ4n) is 1.46. The van der Waals surface area contributed by atoms with E-state index in [0.717, 1.165) is 5.56 Å². The Bertz CT molecular complexity index is 432. The molecule has 1 unspecified atom stereocenters. The van der Waals surface area contributed by atoms with Crippen LogP contribution in [0, 0.1) is 0 Å². The van der Waals surface area contributed by atoms with Gasteiger partial charge < -0.3 is 15.8 Å². The Hall–Kier alpha value is -1.88. The van der Waals surface area contributed by atoms with Gasteiger partial charge in [0.25, 0.3) is 0 Å². The van der Waals surface area contributed by atoms with Crippen molar-refractivity contribution in [3.05, 3.63) is 35.4 Å². The Balaban J connectivity index is 2.55. The van der Waals surface area contributed by atoms with Crippen molar-refractivity contribution in [2.24, 2.45) is 5.73 Å². The largest absolute Gasteiger partial charge is 0.465 e. The van der Waals surface area contributed by atoms with Crippen molar-refractivity contribution in [1.29, 1.82) is 0 Å². The van der Waals surface area contributed by atoms with Crippen molar-refractivity contribution in [2.45, 2.75) is 26.4 Å². The number of nitrogens with one attached hydrogen (secondary N) is 1. The quantitative estimate of drug-likeness (QED) is 0.733. The zero-order chi connectivity index (χ0) is 13.5. The highest BCUT2D eigenvalue weighted by atomic mass is 16.5. The zero-order valence-electron chi connectivity index (χ0n) is 10.6. The molecule has 3 N–H and O–H groups in total. The van der Waals surface area contributed by atoms with Crippen LogP contribution in [0.1, 0.15) is 29.8 Å². The van der Waals surface area contributed by atoms with Crippen LogP contribution in [0.4, 0.5) is 0 Å². The lowest BCUT2D eigenvalue weighted by molar-refractivity contribution is -0.145. The number of hydrogen-bond acceptors (Lipinski definition) is 4. The van der Waals surface area contributed by atoms with Gasteiger partial charge in [0.05, 0.1) is 6.61 Å². The summed E-state index contributed by atoms with van der Waals surface area (Å²) in [6.45, 7) is 4.33. The fraction of sp³-hybridized carbons (Fsp3) is 0.385. The summed E-state index contributed by atoms with van der Waals surface area (Å²) in [6.07, 6.45) is 0. The predicted molar refractivity (Wildman–Crippen MR) is 67.9 cm³/mol. The van der Waals surface area contributed by atoms with Crippen molar-refractivity contribution < 1.29 is 14.3 Å². The summed E-state index contributed by atoms with van der Waals surface area (Å²) in [5.41, 5.74) is 6.54. The molecule has 1 rings (SSSR count). The molecule has 0 heterocycles. The Kier molecular flexibility index (Phi) is 5.32. The number of rotatable bonds is 6. The lowest BCUT2D eigenvalue weighted by Gasteiger charge is -2.12. The van der Waals surface area contributed by atoms with Crippen LogP contribution in [0.3, 0.4) is 0 Å². The van der Waals surface area contributed by atoms with Crippen molar-refractivity contribution in [2.75, 3.05) is 6.61 Å². The number of nitrogens with two attached hydrogens (primary N) is 1. The normalized spacial score (nSPS) is 11.9. The van der Waals surface area contributed by atoms with Gasteiger partial charge in [-0.15, -0.1) is 0 Å². The van der Waals surface area contributed by atoms with Gasteiger partial charge in [-0.2, -0.15) is 0 Å².